The molecule has 2 aliphatic heterocycles. The maximum atomic E-state index is 13.5. The number of alkyl halides is 3. The summed E-state index contributed by atoms with van der Waals surface area (Å²) in [6.07, 6.45) is -1.04. The normalized spacial score (nSPS) is 17.9. The highest BCUT2D eigenvalue weighted by Crippen LogP contribution is 2.36. The van der Waals surface area contributed by atoms with Crippen LogP contribution < -0.4 is 0 Å². The molecule has 9 heteroatoms. The van der Waals surface area contributed by atoms with Gasteiger partial charge in [-0.1, -0.05) is 60.7 Å². The van der Waals surface area contributed by atoms with Crippen molar-refractivity contribution in [3.8, 4) is 11.1 Å². The highest BCUT2D eigenvalue weighted by atomic mass is 32.1. The maximum absolute atomic E-state index is 13.5. The van der Waals surface area contributed by atoms with Crippen molar-refractivity contribution in [3.05, 3.63) is 112 Å². The molecule has 3 aromatic carbocycles. The third kappa shape index (κ3) is 5.70. The number of piperidine rings is 1. The molecule has 42 heavy (non-hydrogen) atoms. The Kier molecular flexibility index (Phi) is 7.86. The van der Waals surface area contributed by atoms with Gasteiger partial charge in [0.2, 0.25) is 0 Å². The largest absolute Gasteiger partial charge is 0.416 e. The first-order valence-electron chi connectivity index (χ1n) is 14.2. The Bertz CT molecular complexity index is 1560. The number of hydrogen-bond donors (Lipinski definition) is 0. The zero-order valence-corrected chi connectivity index (χ0v) is 23.7. The smallest absolute Gasteiger partial charge is 0.339 e. The first kappa shape index (κ1) is 28.2. The van der Waals surface area contributed by atoms with Gasteiger partial charge in [0.25, 0.3) is 11.8 Å². The molecule has 0 saturated carbocycles. The zero-order chi connectivity index (χ0) is 29.3. The first-order chi connectivity index (χ1) is 20.3. The van der Waals surface area contributed by atoms with E-state index in [0.29, 0.717) is 35.5 Å². The molecule has 2 aliphatic rings. The number of carbonyl (C=O) groups excluding carboxylic acids is 2. The molecule has 0 radical (unpaired) electrons. The number of carbonyl (C=O) groups is 2. The molecule has 1 aromatic heterocycles. The fraction of sp³-hybridized carbons (Fsp3) is 0.303. The second-order valence-electron chi connectivity index (χ2n) is 10.8. The van der Waals surface area contributed by atoms with Crippen LogP contribution in [0.4, 0.5) is 13.2 Å². The van der Waals surface area contributed by atoms with E-state index in [1.807, 2.05) is 28.5 Å². The van der Waals surface area contributed by atoms with Crippen LogP contribution in [0.25, 0.3) is 11.1 Å². The van der Waals surface area contributed by atoms with Gasteiger partial charge in [0, 0.05) is 36.5 Å². The molecular formula is C33H30F3N3O2S. The number of benzene rings is 3. The minimum Gasteiger partial charge on any atom is -0.339 e. The summed E-state index contributed by atoms with van der Waals surface area (Å²) in [7, 11) is 0. The molecule has 216 valence electrons. The number of amides is 2. The Balaban J connectivity index is 1.11. The predicted octanol–water partition coefficient (Wildman–Crippen LogP) is 7.83. The van der Waals surface area contributed by atoms with Crippen LogP contribution in [-0.4, -0.2) is 46.2 Å². The fourth-order valence-electron chi connectivity index (χ4n) is 6.01. The summed E-state index contributed by atoms with van der Waals surface area (Å²) in [6, 6.07) is 22.1. The molecule has 0 N–H and O–H groups in total. The van der Waals surface area contributed by atoms with E-state index in [1.54, 1.807) is 29.2 Å². The molecule has 0 bridgehead atoms. The van der Waals surface area contributed by atoms with Gasteiger partial charge in [0.15, 0.2) is 0 Å². The summed E-state index contributed by atoms with van der Waals surface area (Å²) in [4.78, 5) is 35.4. The van der Waals surface area contributed by atoms with Crippen molar-refractivity contribution >= 4 is 23.2 Å². The number of thiazole rings is 1. The van der Waals surface area contributed by atoms with Crippen molar-refractivity contribution in [2.75, 3.05) is 19.6 Å². The van der Waals surface area contributed by atoms with Gasteiger partial charge >= 0.3 is 6.18 Å². The van der Waals surface area contributed by atoms with E-state index >= 15 is 0 Å². The van der Waals surface area contributed by atoms with Crippen LogP contribution in [0.5, 0.6) is 0 Å². The van der Waals surface area contributed by atoms with E-state index in [1.165, 1.54) is 23.5 Å². The van der Waals surface area contributed by atoms with Crippen LogP contribution in [0.1, 0.15) is 74.6 Å². The number of likely N-dealkylation sites (tertiary alicyclic amines) is 2. The molecule has 2 fully saturated rings. The maximum Gasteiger partial charge on any atom is 0.416 e. The van der Waals surface area contributed by atoms with Gasteiger partial charge in [-0.3, -0.25) is 9.59 Å². The summed E-state index contributed by atoms with van der Waals surface area (Å²) in [5, 5.41) is 2.78. The molecule has 2 saturated heterocycles. The summed E-state index contributed by atoms with van der Waals surface area (Å²) in [6.45, 7) is 1.80. The molecule has 1 unspecified atom stereocenters. The average molecular weight is 590 g/mol. The van der Waals surface area contributed by atoms with Crippen molar-refractivity contribution in [1.29, 1.82) is 0 Å². The van der Waals surface area contributed by atoms with Crippen molar-refractivity contribution in [3.63, 3.8) is 0 Å². The van der Waals surface area contributed by atoms with Crippen LogP contribution in [0.3, 0.4) is 0 Å². The van der Waals surface area contributed by atoms with Crippen LogP contribution in [-0.2, 0) is 6.18 Å². The van der Waals surface area contributed by atoms with Crippen LogP contribution in [0, 0.1) is 0 Å². The Labute approximate surface area is 246 Å². The molecule has 0 aliphatic carbocycles. The molecule has 6 rings (SSSR count). The summed E-state index contributed by atoms with van der Waals surface area (Å²) in [5.74, 6) is -0.00876. The van der Waals surface area contributed by atoms with Gasteiger partial charge in [0.05, 0.1) is 16.6 Å². The standard InChI is InChI=1S/C33H30F3N3O2S/c34-33(35,36)25-14-12-22(13-15-25)26-9-4-5-10-27(26)31(40)38-19-16-24(17-20-38)30-37-28(21-42-30)32(41)39-18-6-11-29(39)23-7-2-1-3-8-23/h1-5,7-10,12-15,21,24,29H,6,11,16-20H2. The Hall–Kier alpha value is -3.98. The van der Waals surface area contributed by atoms with Crippen molar-refractivity contribution < 1.29 is 22.8 Å². The minimum absolute atomic E-state index is 0.0312. The second kappa shape index (κ2) is 11.7. The molecule has 0 spiro atoms. The highest BCUT2D eigenvalue weighted by molar-refractivity contribution is 7.09. The third-order valence-electron chi connectivity index (χ3n) is 8.25. The Morgan fingerprint density at radius 1 is 0.810 bits per heavy atom. The number of nitrogens with zero attached hydrogens (tertiary/aromatic N) is 3. The second-order valence-corrected chi connectivity index (χ2v) is 11.7. The van der Waals surface area contributed by atoms with Crippen LogP contribution >= 0.6 is 11.3 Å². The Morgan fingerprint density at radius 2 is 1.50 bits per heavy atom. The van der Waals surface area contributed by atoms with Gasteiger partial charge in [0.1, 0.15) is 5.69 Å². The van der Waals surface area contributed by atoms with Gasteiger partial charge in [-0.15, -0.1) is 11.3 Å². The van der Waals surface area contributed by atoms with Crippen LogP contribution in [0.2, 0.25) is 0 Å². The number of rotatable bonds is 5. The number of aromatic nitrogens is 1. The van der Waals surface area contributed by atoms with Gasteiger partial charge < -0.3 is 9.80 Å². The van der Waals surface area contributed by atoms with Crippen molar-refractivity contribution in [2.45, 2.75) is 43.8 Å². The third-order valence-corrected chi connectivity index (χ3v) is 9.26. The summed E-state index contributed by atoms with van der Waals surface area (Å²) in [5.41, 5.74) is 2.56. The lowest BCUT2D eigenvalue weighted by Crippen LogP contribution is -2.38. The summed E-state index contributed by atoms with van der Waals surface area (Å²) >= 11 is 1.51. The molecule has 3 heterocycles. The predicted molar refractivity (Wildman–Crippen MR) is 156 cm³/mol. The summed E-state index contributed by atoms with van der Waals surface area (Å²) < 4.78 is 39.1. The average Bonchev–Trinajstić information content (AvgIpc) is 3.72. The van der Waals surface area contributed by atoms with Gasteiger partial charge in [-0.25, -0.2) is 4.98 Å². The minimum atomic E-state index is -4.41. The van der Waals surface area contributed by atoms with Crippen molar-refractivity contribution in [2.24, 2.45) is 0 Å². The van der Waals surface area contributed by atoms with Crippen LogP contribution in [0.15, 0.2) is 84.2 Å². The monoisotopic (exact) mass is 589 g/mol. The van der Waals surface area contributed by atoms with Crippen molar-refractivity contribution in [1.82, 2.24) is 14.8 Å². The van der Waals surface area contributed by atoms with E-state index in [4.69, 9.17) is 4.98 Å². The lowest BCUT2D eigenvalue weighted by Gasteiger charge is -2.31. The van der Waals surface area contributed by atoms with Gasteiger partial charge in [-0.05, 0) is 60.6 Å². The molecule has 2 amide bonds. The van der Waals surface area contributed by atoms with E-state index in [9.17, 15) is 22.8 Å². The Morgan fingerprint density at radius 3 is 2.21 bits per heavy atom. The lowest BCUT2D eigenvalue weighted by atomic mass is 9.94. The SMILES string of the molecule is O=C(c1ccccc1-c1ccc(C(F)(F)F)cc1)N1CCC(c2nc(C(=O)N3CCCC3c3ccccc3)cs2)CC1. The zero-order valence-electron chi connectivity index (χ0n) is 22.9. The van der Waals surface area contributed by atoms with E-state index in [0.717, 1.165) is 54.9 Å². The number of hydrogen-bond acceptors (Lipinski definition) is 4. The fourth-order valence-corrected chi connectivity index (χ4v) is 6.98. The molecule has 5 nitrogen and oxygen atoms in total. The number of halogens is 3. The van der Waals surface area contributed by atoms with Gasteiger partial charge in [-0.2, -0.15) is 13.2 Å². The topological polar surface area (TPSA) is 53.5 Å². The van der Waals surface area contributed by atoms with E-state index in [2.05, 4.69) is 12.1 Å². The molecular weight excluding hydrogens is 559 g/mol. The quantitative estimate of drug-likeness (QED) is 0.239. The lowest BCUT2D eigenvalue weighted by molar-refractivity contribution is -0.137. The van der Waals surface area contributed by atoms with E-state index in [-0.39, 0.29) is 23.8 Å². The molecule has 4 aromatic rings. The first-order valence-corrected chi connectivity index (χ1v) is 15.0. The highest BCUT2D eigenvalue weighted by Gasteiger charge is 2.33. The van der Waals surface area contributed by atoms with E-state index < -0.39 is 11.7 Å². The molecule has 1 atom stereocenters.